The molecule has 1 amide bonds. The van der Waals surface area contributed by atoms with Gasteiger partial charge in [0.15, 0.2) is 6.20 Å². The Labute approximate surface area is 270 Å². The van der Waals surface area contributed by atoms with Crippen LogP contribution in [0, 0.1) is 0 Å². The molecule has 1 aromatic rings. The van der Waals surface area contributed by atoms with Gasteiger partial charge in [0.1, 0.15) is 25.2 Å². The van der Waals surface area contributed by atoms with E-state index in [1.807, 2.05) is 0 Å². The van der Waals surface area contributed by atoms with Crippen molar-refractivity contribution in [3.8, 4) is 0 Å². The Morgan fingerprint density at radius 2 is 1.45 bits per heavy atom. The quantitative estimate of drug-likeness (QED) is 0.0826. The van der Waals surface area contributed by atoms with Gasteiger partial charge in [-0.15, -0.1) is 0 Å². The maximum atomic E-state index is 12.2. The molecule has 0 aliphatic carbocycles. The molecule has 1 aliphatic heterocycles. The van der Waals surface area contributed by atoms with Crippen molar-refractivity contribution in [3.05, 3.63) is 16.6 Å². The monoisotopic (exact) mass is 674 g/mol. The van der Waals surface area contributed by atoms with Crippen LogP contribution in [0.25, 0.3) is 0 Å². The van der Waals surface area contributed by atoms with E-state index in [9.17, 15) is 9.59 Å². The van der Waals surface area contributed by atoms with E-state index in [1.165, 1.54) is 102 Å². The Morgan fingerprint density at radius 1 is 0.881 bits per heavy atom. The summed E-state index contributed by atoms with van der Waals surface area (Å²) in [6.45, 7) is 4.82. The molecule has 0 spiro atoms. The highest BCUT2D eigenvalue weighted by molar-refractivity contribution is 7.09. The van der Waals surface area contributed by atoms with Crippen LogP contribution in [-0.4, -0.2) is 45.0 Å². The fourth-order valence-electron chi connectivity index (χ4n) is 5.43. The molecule has 7 nitrogen and oxygen atoms in total. The number of carbonyl (C=O) groups is 2. The highest BCUT2D eigenvalue weighted by Crippen LogP contribution is 2.32. The molecule has 1 aromatic heterocycles. The van der Waals surface area contributed by atoms with Gasteiger partial charge in [-0.05, 0) is 19.3 Å². The van der Waals surface area contributed by atoms with Crippen LogP contribution in [0.15, 0.2) is 11.6 Å². The van der Waals surface area contributed by atoms with Crippen LogP contribution in [0.2, 0.25) is 0 Å². The zero-order valence-corrected chi connectivity index (χ0v) is 29.0. The second-order valence-corrected chi connectivity index (χ2v) is 12.6. The number of carbonyl (C=O) groups excluding carboxylic acids is 2. The van der Waals surface area contributed by atoms with E-state index >= 15 is 0 Å². The van der Waals surface area contributed by atoms with Gasteiger partial charge >= 0.3 is 12.1 Å². The maximum Gasteiger partial charge on any atom is 0.407 e. The normalized spacial score (nSPS) is 16.0. The third kappa shape index (κ3) is 17.8. The van der Waals surface area contributed by atoms with Crippen LogP contribution in [0.5, 0.6) is 0 Å². The summed E-state index contributed by atoms with van der Waals surface area (Å²) in [5.41, 5.74) is 0. The van der Waals surface area contributed by atoms with Crippen LogP contribution in [0.4, 0.5) is 4.79 Å². The van der Waals surface area contributed by atoms with Crippen molar-refractivity contribution in [3.63, 3.8) is 0 Å². The Morgan fingerprint density at radius 3 is 2.00 bits per heavy atom. The molecule has 2 atom stereocenters. The molecule has 2 heterocycles. The molecular weight excluding hydrogens is 616 g/mol. The molecule has 1 saturated heterocycles. The van der Waals surface area contributed by atoms with Crippen molar-refractivity contribution in [2.45, 2.75) is 154 Å². The summed E-state index contributed by atoms with van der Waals surface area (Å²) in [4.78, 5) is 23.4. The minimum atomic E-state index is -0.343. The van der Waals surface area contributed by atoms with E-state index in [-0.39, 0.29) is 47.7 Å². The molecule has 9 heteroatoms. The number of aromatic nitrogens is 1. The SMILES string of the molecule is CCCCCCCCCCCCCCCCCCNC(=O)OCC1OCC1c1scc[n+]1CCCCCC(=O)OC.[Br-]. The fraction of sp³-hybridized carbons (Fsp3) is 0.848. The number of amides is 1. The lowest BCUT2D eigenvalue weighted by Crippen LogP contribution is -3.00. The summed E-state index contributed by atoms with van der Waals surface area (Å²) < 4.78 is 18.2. The molecule has 0 aromatic carbocycles. The first-order valence-electron chi connectivity index (χ1n) is 16.7. The number of rotatable bonds is 26. The number of hydrogen-bond acceptors (Lipinski definition) is 6. The molecule has 0 bridgehead atoms. The minimum Gasteiger partial charge on any atom is -1.00 e. The van der Waals surface area contributed by atoms with Crippen LogP contribution < -0.4 is 26.9 Å². The Bertz CT molecular complexity index is 809. The summed E-state index contributed by atoms with van der Waals surface area (Å²) >= 11 is 1.73. The van der Waals surface area contributed by atoms with Gasteiger partial charge in [0.05, 0.1) is 19.1 Å². The summed E-state index contributed by atoms with van der Waals surface area (Å²) in [5.74, 6) is 0.121. The van der Waals surface area contributed by atoms with E-state index in [0.29, 0.717) is 19.6 Å². The number of aryl methyl sites for hydroxylation is 1. The van der Waals surface area contributed by atoms with Crippen molar-refractivity contribution in [1.29, 1.82) is 0 Å². The molecule has 0 saturated carbocycles. The second-order valence-electron chi connectivity index (χ2n) is 11.6. The molecular formula is C33H59BrN2O5S. The largest absolute Gasteiger partial charge is 1.00 e. The molecule has 1 aliphatic rings. The third-order valence-corrected chi connectivity index (χ3v) is 9.19. The predicted octanol–water partition coefficient (Wildman–Crippen LogP) is 5.24. The summed E-state index contributed by atoms with van der Waals surface area (Å²) in [7, 11) is 1.43. The minimum absolute atomic E-state index is 0. The maximum absolute atomic E-state index is 12.2. The van der Waals surface area contributed by atoms with E-state index < -0.39 is 0 Å². The first kappa shape index (κ1) is 38.8. The number of ether oxygens (including phenoxy) is 3. The van der Waals surface area contributed by atoms with Crippen molar-refractivity contribution in [2.24, 2.45) is 0 Å². The number of thiazole rings is 1. The van der Waals surface area contributed by atoms with Gasteiger partial charge in [0.2, 0.25) is 5.01 Å². The zero-order valence-electron chi connectivity index (χ0n) is 26.6. The van der Waals surface area contributed by atoms with Crippen molar-refractivity contribution >= 4 is 23.4 Å². The molecule has 2 rings (SSSR count). The zero-order chi connectivity index (χ0) is 29.4. The number of methoxy groups -OCH3 is 1. The van der Waals surface area contributed by atoms with Gasteiger partial charge in [-0.1, -0.05) is 115 Å². The number of alkyl carbamates (subject to hydrolysis) is 1. The number of halogens is 1. The molecule has 42 heavy (non-hydrogen) atoms. The van der Waals surface area contributed by atoms with E-state index in [4.69, 9.17) is 14.2 Å². The van der Waals surface area contributed by atoms with Gasteiger partial charge in [0.25, 0.3) is 0 Å². The summed E-state index contributed by atoms with van der Waals surface area (Å²) in [5, 5.41) is 6.27. The Balaban J connectivity index is 0.00000882. The fourth-order valence-corrected chi connectivity index (χ4v) is 6.46. The number of nitrogens with zero attached hydrogens (tertiary/aromatic N) is 1. The first-order valence-corrected chi connectivity index (χ1v) is 17.6. The van der Waals surface area contributed by atoms with Gasteiger partial charge in [-0.2, -0.15) is 4.57 Å². The van der Waals surface area contributed by atoms with E-state index in [2.05, 4.69) is 28.4 Å². The summed E-state index contributed by atoms with van der Waals surface area (Å²) in [6, 6.07) is 0. The Hall–Kier alpha value is -1.19. The summed E-state index contributed by atoms with van der Waals surface area (Å²) in [6.07, 6.45) is 26.5. The first-order chi connectivity index (χ1) is 20.2. The standard InChI is InChI=1S/C33H58N2O5S.BrH/c1-3-4-5-6-7-8-9-10-11-12-13-14-15-16-17-20-23-34-33(37)40-28-30-29(27-39-30)32-35(25-26-41-32)24-21-18-19-22-31(36)38-2;/h25-26,29-30H,3-24,27-28H2,1-2H3;1H. The molecule has 1 fully saturated rings. The average molecular weight is 676 g/mol. The van der Waals surface area contributed by atoms with Crippen molar-refractivity contribution < 1.29 is 45.3 Å². The number of esters is 1. The van der Waals surface area contributed by atoms with Gasteiger partial charge < -0.3 is 36.5 Å². The van der Waals surface area contributed by atoms with Crippen LogP contribution >= 0.6 is 11.3 Å². The van der Waals surface area contributed by atoms with Gasteiger partial charge in [-0.3, -0.25) is 4.79 Å². The van der Waals surface area contributed by atoms with Crippen LogP contribution in [0.1, 0.15) is 146 Å². The highest BCUT2D eigenvalue weighted by atomic mass is 79.9. The number of unbranched alkanes of at least 4 members (excludes halogenated alkanes) is 17. The lowest BCUT2D eigenvalue weighted by Gasteiger charge is -2.33. The third-order valence-electron chi connectivity index (χ3n) is 8.15. The van der Waals surface area contributed by atoms with Gasteiger partial charge in [-0.25, -0.2) is 4.79 Å². The lowest BCUT2D eigenvalue weighted by molar-refractivity contribution is -0.702. The Kier molecular flexibility index (Phi) is 24.3. The second kappa shape index (κ2) is 26.2. The highest BCUT2D eigenvalue weighted by Gasteiger charge is 2.41. The van der Waals surface area contributed by atoms with Gasteiger partial charge in [0, 0.05) is 19.4 Å². The predicted molar refractivity (Wildman–Crippen MR) is 166 cm³/mol. The topological polar surface area (TPSA) is 77.7 Å². The smallest absolute Gasteiger partial charge is 0.407 e. The molecule has 2 unspecified atom stereocenters. The van der Waals surface area contributed by atoms with Crippen molar-refractivity contribution in [1.82, 2.24) is 5.32 Å². The van der Waals surface area contributed by atoms with Crippen LogP contribution in [0.3, 0.4) is 0 Å². The van der Waals surface area contributed by atoms with E-state index in [1.54, 1.807) is 11.3 Å². The molecule has 0 radical (unpaired) electrons. The van der Waals surface area contributed by atoms with Crippen molar-refractivity contribution in [2.75, 3.05) is 26.9 Å². The molecule has 1 N–H and O–H groups in total. The lowest BCUT2D eigenvalue weighted by atomic mass is 9.99. The van der Waals surface area contributed by atoms with E-state index in [0.717, 1.165) is 38.6 Å². The van der Waals surface area contributed by atoms with Crippen LogP contribution in [-0.2, 0) is 25.5 Å². The number of nitrogens with one attached hydrogen (secondary N) is 1. The molecule has 244 valence electrons. The number of hydrogen-bond donors (Lipinski definition) is 1. The average Bonchev–Trinajstić information content (AvgIpc) is 3.41.